The summed E-state index contributed by atoms with van der Waals surface area (Å²) in [7, 11) is 1.52. The van der Waals surface area contributed by atoms with Gasteiger partial charge in [-0.15, -0.1) is 11.3 Å². The first kappa shape index (κ1) is 28.7. The van der Waals surface area contributed by atoms with Gasteiger partial charge < -0.3 is 24.7 Å². The minimum Gasteiger partial charge on any atom is -0.459 e. The molecule has 0 aliphatic rings. The molecule has 0 saturated heterocycles. The fourth-order valence-electron chi connectivity index (χ4n) is 4.27. The number of carbonyl (C=O) groups excluding carboxylic acids is 3. The standard InChI is InChI=1S/C30H32N4O5S/c1-38-18-16-34(29(37)26-13-8-17-39-26)20-28(36)33-30-32-24(21-40-30)19-27(35)31-15-14-25(22-9-4-2-5-10-22)23-11-6-3-7-12-23/h2-13,17,21,25H,14-16,18-20H2,1H3,(H,31,35)(H,32,33,36). The number of hydrogen-bond acceptors (Lipinski definition) is 7. The predicted octanol–water partition coefficient (Wildman–Crippen LogP) is 4.34. The fourth-order valence-corrected chi connectivity index (χ4v) is 4.99. The Kier molecular flexibility index (Phi) is 10.6. The van der Waals surface area contributed by atoms with E-state index in [0.29, 0.717) is 17.4 Å². The third kappa shape index (κ3) is 8.36. The van der Waals surface area contributed by atoms with Crippen molar-refractivity contribution < 1.29 is 23.5 Å². The van der Waals surface area contributed by atoms with Gasteiger partial charge in [-0.2, -0.15) is 0 Å². The van der Waals surface area contributed by atoms with Gasteiger partial charge in [-0.25, -0.2) is 4.98 Å². The maximum atomic E-state index is 12.7. The summed E-state index contributed by atoms with van der Waals surface area (Å²) < 4.78 is 10.2. The lowest BCUT2D eigenvalue weighted by Crippen LogP contribution is -2.39. The number of benzene rings is 2. The van der Waals surface area contributed by atoms with E-state index in [1.165, 1.54) is 40.7 Å². The van der Waals surface area contributed by atoms with Gasteiger partial charge in [-0.1, -0.05) is 60.7 Å². The Morgan fingerprint density at radius 2 is 1.68 bits per heavy atom. The van der Waals surface area contributed by atoms with Crippen molar-refractivity contribution in [1.82, 2.24) is 15.2 Å². The van der Waals surface area contributed by atoms with Crippen molar-refractivity contribution in [2.45, 2.75) is 18.8 Å². The number of carbonyl (C=O) groups is 3. The van der Waals surface area contributed by atoms with Crippen LogP contribution in [0.2, 0.25) is 0 Å². The highest BCUT2D eigenvalue weighted by Gasteiger charge is 2.21. The fraction of sp³-hybridized carbons (Fsp3) is 0.267. The molecule has 0 fully saturated rings. The van der Waals surface area contributed by atoms with Gasteiger partial charge in [0.2, 0.25) is 11.8 Å². The monoisotopic (exact) mass is 560 g/mol. The van der Waals surface area contributed by atoms with Crippen LogP contribution in [0.1, 0.15) is 39.7 Å². The van der Waals surface area contributed by atoms with Crippen LogP contribution in [0.4, 0.5) is 5.13 Å². The molecule has 208 valence electrons. The van der Waals surface area contributed by atoms with Crippen LogP contribution < -0.4 is 10.6 Å². The van der Waals surface area contributed by atoms with E-state index in [4.69, 9.17) is 9.15 Å². The molecule has 0 aliphatic carbocycles. The Hall–Kier alpha value is -4.28. The number of furan rings is 1. The number of methoxy groups -OCH3 is 1. The summed E-state index contributed by atoms with van der Waals surface area (Å²) in [4.78, 5) is 43.6. The zero-order valence-corrected chi connectivity index (χ0v) is 23.1. The van der Waals surface area contributed by atoms with Crippen LogP contribution >= 0.6 is 11.3 Å². The average molecular weight is 561 g/mol. The van der Waals surface area contributed by atoms with E-state index < -0.39 is 11.8 Å². The number of hydrogen-bond donors (Lipinski definition) is 2. The normalized spacial score (nSPS) is 10.8. The van der Waals surface area contributed by atoms with Crippen molar-refractivity contribution in [3.8, 4) is 0 Å². The van der Waals surface area contributed by atoms with Crippen molar-refractivity contribution in [2.24, 2.45) is 0 Å². The molecule has 2 N–H and O–H groups in total. The Morgan fingerprint density at radius 1 is 0.975 bits per heavy atom. The second kappa shape index (κ2) is 14.8. The van der Waals surface area contributed by atoms with Crippen LogP contribution in [-0.4, -0.2) is 61.0 Å². The number of anilines is 1. The van der Waals surface area contributed by atoms with Gasteiger partial charge in [0.1, 0.15) is 6.54 Å². The highest BCUT2D eigenvalue weighted by Crippen LogP contribution is 2.27. The topological polar surface area (TPSA) is 114 Å². The van der Waals surface area contributed by atoms with Crippen molar-refractivity contribution in [3.63, 3.8) is 0 Å². The summed E-state index contributed by atoms with van der Waals surface area (Å²) in [5.74, 6) is -0.639. The number of thiazole rings is 1. The van der Waals surface area contributed by atoms with Gasteiger partial charge in [0.25, 0.3) is 5.91 Å². The first-order valence-electron chi connectivity index (χ1n) is 13.0. The molecule has 0 aliphatic heterocycles. The van der Waals surface area contributed by atoms with Crippen molar-refractivity contribution in [2.75, 3.05) is 38.7 Å². The molecule has 0 unspecified atom stereocenters. The molecule has 3 amide bonds. The maximum Gasteiger partial charge on any atom is 0.290 e. The van der Waals surface area contributed by atoms with Gasteiger partial charge in [0, 0.05) is 31.5 Å². The van der Waals surface area contributed by atoms with Crippen molar-refractivity contribution in [1.29, 1.82) is 0 Å². The van der Waals surface area contributed by atoms with Crippen LogP contribution in [0.5, 0.6) is 0 Å². The summed E-state index contributed by atoms with van der Waals surface area (Å²) in [5, 5.41) is 7.80. The number of nitrogens with one attached hydrogen (secondary N) is 2. The summed E-state index contributed by atoms with van der Waals surface area (Å²) in [6.07, 6.45) is 2.26. The first-order valence-corrected chi connectivity index (χ1v) is 13.8. The van der Waals surface area contributed by atoms with Crippen LogP contribution in [0.25, 0.3) is 0 Å². The van der Waals surface area contributed by atoms with Gasteiger partial charge in [0.05, 0.1) is 25.0 Å². The summed E-state index contributed by atoms with van der Waals surface area (Å²) in [6, 6.07) is 23.7. The van der Waals surface area contributed by atoms with E-state index in [0.717, 1.165) is 6.42 Å². The molecule has 0 atom stereocenters. The molecule has 0 spiro atoms. The lowest BCUT2D eigenvalue weighted by Gasteiger charge is -2.20. The Bertz CT molecular complexity index is 1320. The molecule has 0 bridgehead atoms. The Balaban J connectivity index is 1.27. The van der Waals surface area contributed by atoms with Crippen molar-refractivity contribution >= 4 is 34.2 Å². The van der Waals surface area contributed by atoms with Gasteiger partial charge >= 0.3 is 0 Å². The van der Waals surface area contributed by atoms with Gasteiger partial charge in [0.15, 0.2) is 10.9 Å². The second-order valence-electron chi connectivity index (χ2n) is 9.08. The first-order chi connectivity index (χ1) is 19.5. The Labute approximate surface area is 237 Å². The molecule has 2 aromatic heterocycles. The zero-order chi connectivity index (χ0) is 28.2. The second-order valence-corrected chi connectivity index (χ2v) is 9.94. The highest BCUT2D eigenvalue weighted by molar-refractivity contribution is 7.13. The van der Waals surface area contributed by atoms with Crippen LogP contribution in [0, 0.1) is 0 Å². The van der Waals surface area contributed by atoms with Gasteiger partial charge in [-0.3, -0.25) is 14.4 Å². The largest absolute Gasteiger partial charge is 0.459 e. The molecule has 10 heteroatoms. The third-order valence-electron chi connectivity index (χ3n) is 6.22. The van der Waals surface area contributed by atoms with Crippen LogP contribution in [0.15, 0.2) is 88.9 Å². The lowest BCUT2D eigenvalue weighted by atomic mass is 9.88. The van der Waals surface area contributed by atoms with E-state index >= 15 is 0 Å². The minimum atomic E-state index is -0.408. The van der Waals surface area contributed by atoms with E-state index in [1.807, 2.05) is 36.4 Å². The molecular formula is C30H32N4O5S. The average Bonchev–Trinajstić information content (AvgIpc) is 3.67. The highest BCUT2D eigenvalue weighted by atomic mass is 32.1. The number of amides is 3. The minimum absolute atomic E-state index is 0.102. The SMILES string of the molecule is COCCN(CC(=O)Nc1nc(CC(=O)NCCC(c2ccccc2)c2ccccc2)cs1)C(=O)c1ccco1. The van der Waals surface area contributed by atoms with E-state index in [2.05, 4.69) is 39.9 Å². The van der Waals surface area contributed by atoms with E-state index in [-0.39, 0.29) is 43.7 Å². The van der Waals surface area contributed by atoms with Crippen LogP contribution in [0.3, 0.4) is 0 Å². The molecule has 9 nitrogen and oxygen atoms in total. The lowest BCUT2D eigenvalue weighted by molar-refractivity contribution is -0.120. The van der Waals surface area contributed by atoms with Crippen molar-refractivity contribution in [3.05, 3.63) is 107 Å². The summed E-state index contributed by atoms with van der Waals surface area (Å²) in [6.45, 7) is 0.820. The summed E-state index contributed by atoms with van der Waals surface area (Å²) >= 11 is 1.22. The third-order valence-corrected chi connectivity index (χ3v) is 7.02. The van der Waals surface area contributed by atoms with E-state index in [1.54, 1.807) is 17.5 Å². The predicted molar refractivity (Wildman–Crippen MR) is 153 cm³/mol. The molecule has 0 radical (unpaired) electrons. The van der Waals surface area contributed by atoms with Crippen LogP contribution in [-0.2, 0) is 20.7 Å². The Morgan fingerprint density at radius 3 is 2.30 bits per heavy atom. The number of ether oxygens (including phenoxy) is 1. The molecule has 40 heavy (non-hydrogen) atoms. The molecule has 2 heterocycles. The number of nitrogens with zero attached hydrogens (tertiary/aromatic N) is 2. The molecular weight excluding hydrogens is 528 g/mol. The molecule has 4 aromatic rings. The zero-order valence-electron chi connectivity index (χ0n) is 22.2. The number of rotatable bonds is 14. The quantitative estimate of drug-likeness (QED) is 0.237. The van der Waals surface area contributed by atoms with E-state index in [9.17, 15) is 14.4 Å². The number of aromatic nitrogens is 1. The smallest absolute Gasteiger partial charge is 0.290 e. The molecule has 0 saturated carbocycles. The molecule has 4 rings (SSSR count). The molecule has 2 aromatic carbocycles. The maximum absolute atomic E-state index is 12.7. The van der Waals surface area contributed by atoms with Gasteiger partial charge in [-0.05, 0) is 29.7 Å². The summed E-state index contributed by atoms with van der Waals surface area (Å²) in [5.41, 5.74) is 2.97.